The van der Waals surface area contributed by atoms with E-state index in [2.05, 4.69) is 13.8 Å². The van der Waals surface area contributed by atoms with E-state index in [0.717, 1.165) is 18.4 Å². The predicted octanol–water partition coefficient (Wildman–Crippen LogP) is 2.53. The van der Waals surface area contributed by atoms with E-state index in [4.69, 9.17) is 5.73 Å². The second kappa shape index (κ2) is 6.66. The van der Waals surface area contributed by atoms with Crippen LogP contribution in [0.1, 0.15) is 38.2 Å². The van der Waals surface area contributed by atoms with Crippen LogP contribution in [0.3, 0.4) is 0 Å². The van der Waals surface area contributed by atoms with Crippen LogP contribution in [0.4, 0.5) is 0 Å². The number of aliphatic hydroxyl groups excluding tert-OH is 1. The Bertz CT molecular complexity index is 286. The molecule has 1 rings (SSSR count). The van der Waals surface area contributed by atoms with E-state index in [1.54, 1.807) is 0 Å². The molecular weight excluding hydrogens is 198 g/mol. The van der Waals surface area contributed by atoms with Crippen molar-refractivity contribution in [2.75, 3.05) is 6.54 Å². The van der Waals surface area contributed by atoms with Gasteiger partial charge < -0.3 is 10.8 Å². The lowest BCUT2D eigenvalue weighted by Crippen LogP contribution is -2.31. The van der Waals surface area contributed by atoms with Crippen molar-refractivity contribution >= 4 is 0 Å². The van der Waals surface area contributed by atoms with Crippen molar-refractivity contribution in [1.82, 2.24) is 0 Å². The highest BCUT2D eigenvalue weighted by Crippen LogP contribution is 2.25. The summed E-state index contributed by atoms with van der Waals surface area (Å²) in [6, 6.07) is 10.1. The van der Waals surface area contributed by atoms with Crippen molar-refractivity contribution in [2.24, 2.45) is 11.7 Å². The molecule has 0 bridgehead atoms. The van der Waals surface area contributed by atoms with Crippen LogP contribution in [0.15, 0.2) is 30.3 Å². The van der Waals surface area contributed by atoms with Gasteiger partial charge in [0.15, 0.2) is 0 Å². The maximum Gasteiger partial charge on any atom is 0.0646 e. The van der Waals surface area contributed by atoms with Crippen LogP contribution in [-0.2, 0) is 0 Å². The summed E-state index contributed by atoms with van der Waals surface area (Å²) in [5.74, 6) is 0.363. The zero-order valence-corrected chi connectivity index (χ0v) is 10.3. The Balaban J connectivity index is 2.74. The molecule has 0 spiro atoms. The molecule has 0 saturated carbocycles. The maximum atomic E-state index is 10.3. The summed E-state index contributed by atoms with van der Waals surface area (Å²) < 4.78 is 0. The van der Waals surface area contributed by atoms with Gasteiger partial charge in [0.1, 0.15) is 0 Å². The van der Waals surface area contributed by atoms with Gasteiger partial charge in [-0.3, -0.25) is 0 Å². The number of rotatable bonds is 6. The lowest BCUT2D eigenvalue weighted by Gasteiger charge is -2.27. The fourth-order valence-electron chi connectivity index (χ4n) is 2.20. The minimum atomic E-state index is -0.340. The van der Waals surface area contributed by atoms with Gasteiger partial charge in [-0.2, -0.15) is 0 Å². The van der Waals surface area contributed by atoms with Gasteiger partial charge in [-0.1, -0.05) is 50.6 Å². The van der Waals surface area contributed by atoms with Crippen LogP contribution in [0.2, 0.25) is 0 Å². The van der Waals surface area contributed by atoms with Crippen LogP contribution >= 0.6 is 0 Å². The average Bonchev–Trinajstić information content (AvgIpc) is 2.31. The standard InChI is InChI=1S/C14H23NO/c1-3-7-11(2)14(16)13(10-15)12-8-5-4-6-9-12/h4-6,8-9,11,13-14,16H,3,7,10,15H2,1-2H3. The third kappa shape index (κ3) is 3.32. The molecule has 0 aliphatic carbocycles. The first-order valence-corrected chi connectivity index (χ1v) is 6.13. The molecule has 2 nitrogen and oxygen atoms in total. The van der Waals surface area contributed by atoms with E-state index in [9.17, 15) is 5.11 Å². The Kier molecular flexibility index (Phi) is 5.50. The summed E-state index contributed by atoms with van der Waals surface area (Å²) in [6.07, 6.45) is 1.81. The molecule has 3 unspecified atom stereocenters. The van der Waals surface area contributed by atoms with Crippen molar-refractivity contribution in [2.45, 2.75) is 38.7 Å². The molecule has 0 heterocycles. The van der Waals surface area contributed by atoms with Gasteiger partial charge in [0, 0.05) is 12.5 Å². The molecule has 1 aromatic rings. The lowest BCUT2D eigenvalue weighted by molar-refractivity contribution is 0.0859. The molecule has 0 saturated heterocycles. The van der Waals surface area contributed by atoms with E-state index in [-0.39, 0.29) is 12.0 Å². The zero-order chi connectivity index (χ0) is 12.0. The number of benzene rings is 1. The highest BCUT2D eigenvalue weighted by Gasteiger charge is 2.24. The maximum absolute atomic E-state index is 10.3. The Morgan fingerprint density at radius 3 is 2.38 bits per heavy atom. The second-order valence-corrected chi connectivity index (χ2v) is 4.51. The number of hydrogen-bond donors (Lipinski definition) is 2. The molecule has 0 radical (unpaired) electrons. The minimum Gasteiger partial charge on any atom is -0.392 e. The SMILES string of the molecule is CCCC(C)C(O)C(CN)c1ccccc1. The molecule has 0 aliphatic heterocycles. The van der Waals surface area contributed by atoms with Crippen molar-refractivity contribution in [3.8, 4) is 0 Å². The lowest BCUT2D eigenvalue weighted by atomic mass is 9.85. The summed E-state index contributed by atoms with van der Waals surface area (Å²) >= 11 is 0. The molecule has 3 N–H and O–H groups in total. The molecule has 3 atom stereocenters. The number of aliphatic hydroxyl groups is 1. The fourth-order valence-corrected chi connectivity index (χ4v) is 2.20. The van der Waals surface area contributed by atoms with E-state index in [1.807, 2.05) is 30.3 Å². The van der Waals surface area contributed by atoms with Gasteiger partial charge >= 0.3 is 0 Å². The summed E-state index contributed by atoms with van der Waals surface area (Å²) in [5, 5.41) is 10.3. The quantitative estimate of drug-likeness (QED) is 0.775. The summed E-state index contributed by atoms with van der Waals surface area (Å²) in [4.78, 5) is 0. The Morgan fingerprint density at radius 1 is 1.25 bits per heavy atom. The van der Waals surface area contributed by atoms with Crippen LogP contribution in [-0.4, -0.2) is 17.8 Å². The molecular formula is C14H23NO. The average molecular weight is 221 g/mol. The van der Waals surface area contributed by atoms with Crippen molar-refractivity contribution in [3.05, 3.63) is 35.9 Å². The van der Waals surface area contributed by atoms with Gasteiger partial charge in [0.05, 0.1) is 6.10 Å². The first-order valence-electron chi connectivity index (χ1n) is 6.13. The molecule has 2 heteroatoms. The van der Waals surface area contributed by atoms with Gasteiger partial charge in [-0.25, -0.2) is 0 Å². The first kappa shape index (κ1) is 13.2. The van der Waals surface area contributed by atoms with Gasteiger partial charge in [0.2, 0.25) is 0 Å². The summed E-state index contributed by atoms with van der Waals surface area (Å²) in [7, 11) is 0. The highest BCUT2D eigenvalue weighted by molar-refractivity contribution is 5.21. The molecule has 0 aliphatic rings. The van der Waals surface area contributed by atoms with E-state index in [0.29, 0.717) is 12.5 Å². The Morgan fingerprint density at radius 2 is 1.88 bits per heavy atom. The highest BCUT2D eigenvalue weighted by atomic mass is 16.3. The molecule has 16 heavy (non-hydrogen) atoms. The number of hydrogen-bond acceptors (Lipinski definition) is 2. The van der Waals surface area contributed by atoms with Crippen LogP contribution < -0.4 is 5.73 Å². The zero-order valence-electron chi connectivity index (χ0n) is 10.3. The van der Waals surface area contributed by atoms with Crippen molar-refractivity contribution < 1.29 is 5.11 Å². The van der Waals surface area contributed by atoms with E-state index < -0.39 is 0 Å². The monoisotopic (exact) mass is 221 g/mol. The molecule has 90 valence electrons. The normalized spacial score (nSPS) is 16.8. The van der Waals surface area contributed by atoms with E-state index in [1.165, 1.54) is 0 Å². The van der Waals surface area contributed by atoms with Gasteiger partial charge in [-0.15, -0.1) is 0 Å². The van der Waals surface area contributed by atoms with Crippen LogP contribution in [0.25, 0.3) is 0 Å². The third-order valence-corrected chi connectivity index (χ3v) is 3.22. The fraction of sp³-hybridized carbons (Fsp3) is 0.571. The Labute approximate surface area is 98.5 Å². The third-order valence-electron chi connectivity index (χ3n) is 3.22. The molecule has 0 fully saturated rings. The molecule has 0 aromatic heterocycles. The van der Waals surface area contributed by atoms with Gasteiger partial charge in [0.25, 0.3) is 0 Å². The van der Waals surface area contributed by atoms with E-state index >= 15 is 0 Å². The minimum absolute atomic E-state index is 0.0581. The van der Waals surface area contributed by atoms with Crippen LogP contribution in [0.5, 0.6) is 0 Å². The Hall–Kier alpha value is -0.860. The largest absolute Gasteiger partial charge is 0.392 e. The van der Waals surface area contributed by atoms with Gasteiger partial charge in [-0.05, 0) is 17.9 Å². The van der Waals surface area contributed by atoms with Crippen molar-refractivity contribution in [3.63, 3.8) is 0 Å². The summed E-state index contributed by atoms with van der Waals surface area (Å²) in [5.41, 5.74) is 6.92. The molecule has 1 aromatic carbocycles. The summed E-state index contributed by atoms with van der Waals surface area (Å²) in [6.45, 7) is 4.74. The topological polar surface area (TPSA) is 46.2 Å². The predicted molar refractivity (Wildman–Crippen MR) is 68.3 cm³/mol. The smallest absolute Gasteiger partial charge is 0.0646 e. The first-order chi connectivity index (χ1) is 7.70. The van der Waals surface area contributed by atoms with Crippen LogP contribution in [0, 0.1) is 5.92 Å². The molecule has 0 amide bonds. The number of nitrogens with two attached hydrogens (primary N) is 1. The van der Waals surface area contributed by atoms with Crippen molar-refractivity contribution in [1.29, 1.82) is 0 Å². The second-order valence-electron chi connectivity index (χ2n) is 4.51.